The number of aryl methyl sites for hydroxylation is 2. The van der Waals surface area contributed by atoms with Crippen molar-refractivity contribution in [3.05, 3.63) is 26.6 Å². The summed E-state index contributed by atoms with van der Waals surface area (Å²) in [5.41, 5.74) is 0.956. The predicted molar refractivity (Wildman–Crippen MR) is 90.2 cm³/mol. The first-order chi connectivity index (χ1) is 11.2. The Balaban J connectivity index is 1.54. The molecule has 1 saturated heterocycles. The van der Waals surface area contributed by atoms with Gasteiger partial charge in [0.2, 0.25) is 5.82 Å². The molecule has 3 N–H and O–H groups in total. The second-order valence-electron chi connectivity index (χ2n) is 6.37. The Morgan fingerprint density at radius 3 is 3.09 bits per heavy atom. The van der Waals surface area contributed by atoms with Crippen LogP contribution in [-0.4, -0.2) is 35.5 Å². The van der Waals surface area contributed by atoms with Crippen molar-refractivity contribution in [1.82, 2.24) is 20.6 Å². The number of hydrogen-bond donors (Lipinski definition) is 3. The molecule has 4 rings (SSSR count). The Kier molecular flexibility index (Phi) is 3.90. The van der Waals surface area contributed by atoms with E-state index in [1.807, 2.05) is 0 Å². The summed E-state index contributed by atoms with van der Waals surface area (Å²) in [5, 5.41) is 6.92. The molecule has 2 aromatic rings. The minimum Gasteiger partial charge on any atom is -0.349 e. The van der Waals surface area contributed by atoms with Gasteiger partial charge < -0.3 is 15.6 Å². The van der Waals surface area contributed by atoms with Gasteiger partial charge in [0.25, 0.3) is 11.5 Å². The summed E-state index contributed by atoms with van der Waals surface area (Å²) in [5.74, 6) is 0.294. The molecule has 0 spiro atoms. The molecule has 1 unspecified atom stereocenters. The van der Waals surface area contributed by atoms with E-state index in [1.165, 1.54) is 4.88 Å². The topological polar surface area (TPSA) is 86.9 Å². The molecule has 2 aliphatic rings. The van der Waals surface area contributed by atoms with Gasteiger partial charge in [-0.05, 0) is 56.7 Å². The number of amides is 1. The highest BCUT2D eigenvalue weighted by molar-refractivity contribution is 7.18. The van der Waals surface area contributed by atoms with Gasteiger partial charge in [-0.3, -0.25) is 9.59 Å². The zero-order chi connectivity index (χ0) is 15.8. The fraction of sp³-hybridized carbons (Fsp3) is 0.562. The van der Waals surface area contributed by atoms with Crippen LogP contribution in [0.2, 0.25) is 0 Å². The Hall–Kier alpha value is -1.73. The van der Waals surface area contributed by atoms with Crippen LogP contribution in [0.25, 0.3) is 10.2 Å². The van der Waals surface area contributed by atoms with E-state index in [0.717, 1.165) is 50.8 Å². The summed E-state index contributed by atoms with van der Waals surface area (Å²) in [4.78, 5) is 33.7. The second-order valence-corrected chi connectivity index (χ2v) is 7.46. The molecule has 0 bridgehead atoms. The van der Waals surface area contributed by atoms with Gasteiger partial charge in [-0.25, -0.2) is 4.98 Å². The number of nitrogens with zero attached hydrogens (tertiary/aromatic N) is 1. The van der Waals surface area contributed by atoms with E-state index in [-0.39, 0.29) is 17.3 Å². The van der Waals surface area contributed by atoms with Crippen LogP contribution in [0.1, 0.15) is 40.3 Å². The van der Waals surface area contributed by atoms with Crippen LogP contribution in [0.5, 0.6) is 0 Å². The van der Waals surface area contributed by atoms with Crippen LogP contribution in [0.15, 0.2) is 4.79 Å². The number of thiophene rings is 1. The van der Waals surface area contributed by atoms with Crippen LogP contribution in [0, 0.1) is 5.92 Å². The lowest BCUT2D eigenvalue weighted by Gasteiger charge is -2.22. The molecule has 7 heteroatoms. The van der Waals surface area contributed by atoms with Crippen LogP contribution in [0.4, 0.5) is 0 Å². The number of piperidine rings is 1. The number of rotatable bonds is 3. The number of aromatic nitrogens is 2. The van der Waals surface area contributed by atoms with Gasteiger partial charge in [0.05, 0.1) is 5.39 Å². The molecule has 0 radical (unpaired) electrons. The van der Waals surface area contributed by atoms with Gasteiger partial charge in [0.1, 0.15) is 4.83 Å². The first kappa shape index (κ1) is 14.8. The Morgan fingerprint density at radius 1 is 1.35 bits per heavy atom. The van der Waals surface area contributed by atoms with E-state index in [4.69, 9.17) is 0 Å². The second kappa shape index (κ2) is 6.05. The molecule has 1 aliphatic heterocycles. The van der Waals surface area contributed by atoms with Gasteiger partial charge in [-0.2, -0.15) is 0 Å². The van der Waals surface area contributed by atoms with Gasteiger partial charge in [0, 0.05) is 11.4 Å². The highest BCUT2D eigenvalue weighted by Crippen LogP contribution is 2.34. The van der Waals surface area contributed by atoms with E-state index in [1.54, 1.807) is 11.3 Å². The van der Waals surface area contributed by atoms with Crippen molar-refractivity contribution >= 4 is 27.5 Å². The van der Waals surface area contributed by atoms with E-state index in [2.05, 4.69) is 20.6 Å². The van der Waals surface area contributed by atoms with Crippen molar-refractivity contribution in [2.75, 3.05) is 19.6 Å². The van der Waals surface area contributed by atoms with E-state index < -0.39 is 0 Å². The van der Waals surface area contributed by atoms with Crippen LogP contribution >= 0.6 is 11.3 Å². The normalized spacial score (nSPS) is 20.6. The summed E-state index contributed by atoms with van der Waals surface area (Å²) in [6.45, 7) is 2.61. The third-order valence-corrected chi connectivity index (χ3v) is 5.93. The standard InChI is InChI=1S/C16H20N4O2S/c21-14-12-10-4-1-5-11(10)23-16(12)20-13(19-14)15(22)18-8-9-3-2-6-17-7-9/h9,17H,1-8H2,(H,18,22)(H,19,20,21). The SMILES string of the molecule is O=C(NCC1CCCNC1)c1nc2sc3c(c2c(=O)[nH]1)CCC3. The van der Waals surface area contributed by atoms with Crippen molar-refractivity contribution in [3.8, 4) is 0 Å². The molecule has 0 aromatic carbocycles. The summed E-state index contributed by atoms with van der Waals surface area (Å²) < 4.78 is 0. The molecule has 1 atom stereocenters. The molecule has 0 saturated carbocycles. The third kappa shape index (κ3) is 2.79. The smallest absolute Gasteiger partial charge is 0.287 e. The molecule has 122 valence electrons. The average Bonchev–Trinajstić information content (AvgIpc) is 3.13. The van der Waals surface area contributed by atoms with Crippen LogP contribution in [-0.2, 0) is 12.8 Å². The summed E-state index contributed by atoms with van der Waals surface area (Å²) in [7, 11) is 0. The summed E-state index contributed by atoms with van der Waals surface area (Å²) in [6.07, 6.45) is 5.33. The Labute approximate surface area is 137 Å². The monoisotopic (exact) mass is 332 g/mol. The average molecular weight is 332 g/mol. The molecule has 23 heavy (non-hydrogen) atoms. The number of carbonyl (C=O) groups is 1. The first-order valence-corrected chi connectivity index (χ1v) is 9.07. The fourth-order valence-corrected chi connectivity index (χ4v) is 4.79. The maximum Gasteiger partial charge on any atom is 0.287 e. The largest absolute Gasteiger partial charge is 0.349 e. The predicted octanol–water partition coefficient (Wildman–Crippen LogP) is 1.20. The zero-order valence-corrected chi connectivity index (χ0v) is 13.7. The van der Waals surface area contributed by atoms with Crippen molar-refractivity contribution in [1.29, 1.82) is 0 Å². The molecular weight excluding hydrogens is 312 g/mol. The number of fused-ring (bicyclic) bond motifs is 3. The van der Waals surface area contributed by atoms with Crippen LogP contribution < -0.4 is 16.2 Å². The molecule has 2 aromatic heterocycles. The number of hydrogen-bond acceptors (Lipinski definition) is 5. The van der Waals surface area contributed by atoms with Gasteiger partial charge in [0.15, 0.2) is 0 Å². The highest BCUT2D eigenvalue weighted by atomic mass is 32.1. The fourth-order valence-electron chi connectivity index (χ4n) is 3.53. The van der Waals surface area contributed by atoms with Gasteiger partial charge in [-0.15, -0.1) is 11.3 Å². The molecular formula is C16H20N4O2S. The summed E-state index contributed by atoms with van der Waals surface area (Å²) >= 11 is 1.56. The van der Waals surface area contributed by atoms with Gasteiger partial charge >= 0.3 is 0 Å². The number of aromatic amines is 1. The van der Waals surface area contributed by atoms with Crippen molar-refractivity contribution < 1.29 is 4.79 Å². The first-order valence-electron chi connectivity index (χ1n) is 8.26. The van der Waals surface area contributed by atoms with Gasteiger partial charge in [-0.1, -0.05) is 0 Å². The lowest BCUT2D eigenvalue weighted by atomic mass is 10.00. The number of H-pyrrole nitrogens is 1. The Morgan fingerprint density at radius 2 is 2.26 bits per heavy atom. The number of nitrogens with one attached hydrogen (secondary N) is 3. The maximum atomic E-state index is 12.4. The van der Waals surface area contributed by atoms with E-state index in [9.17, 15) is 9.59 Å². The molecule has 6 nitrogen and oxygen atoms in total. The molecule has 1 fully saturated rings. The minimum absolute atomic E-state index is 0.131. The minimum atomic E-state index is -0.289. The van der Waals surface area contributed by atoms with E-state index >= 15 is 0 Å². The highest BCUT2D eigenvalue weighted by Gasteiger charge is 2.22. The third-order valence-electron chi connectivity index (χ3n) is 4.74. The summed E-state index contributed by atoms with van der Waals surface area (Å²) in [6, 6.07) is 0. The van der Waals surface area contributed by atoms with Crippen molar-refractivity contribution in [2.45, 2.75) is 32.1 Å². The molecule has 1 amide bonds. The van der Waals surface area contributed by atoms with Crippen LogP contribution in [0.3, 0.4) is 0 Å². The quantitative estimate of drug-likeness (QED) is 0.788. The molecule has 3 heterocycles. The van der Waals surface area contributed by atoms with Crippen molar-refractivity contribution in [3.63, 3.8) is 0 Å². The zero-order valence-electron chi connectivity index (χ0n) is 12.9. The van der Waals surface area contributed by atoms with E-state index in [0.29, 0.717) is 22.7 Å². The molecule has 1 aliphatic carbocycles. The van der Waals surface area contributed by atoms with Crippen molar-refractivity contribution in [2.24, 2.45) is 5.92 Å². The lowest BCUT2D eigenvalue weighted by Crippen LogP contribution is -2.38. The Bertz CT molecular complexity index is 804. The number of carbonyl (C=O) groups excluding carboxylic acids is 1. The lowest BCUT2D eigenvalue weighted by molar-refractivity contribution is 0.0934. The maximum absolute atomic E-state index is 12.4.